The normalized spacial score (nSPS) is 17.2. The molecular formula is C4H5NO3. The average Bonchev–Trinajstić information content (AvgIpc) is 2.12. The number of aliphatic carboxylic acids is 1. The fraction of sp³-hybridized carbons (Fsp3) is 0.250. The van der Waals surface area contributed by atoms with E-state index < -0.39 is 5.97 Å². The Kier molecular flexibility index (Phi) is 1.17. The van der Waals surface area contributed by atoms with Gasteiger partial charge in [-0.25, -0.2) is 4.79 Å². The molecule has 2 N–H and O–H groups in total. The molecule has 0 unspecified atom stereocenters. The van der Waals surface area contributed by atoms with Crippen LogP contribution in [-0.4, -0.2) is 17.6 Å². The maximum absolute atomic E-state index is 9.97. The molecule has 0 bridgehead atoms. The summed E-state index contributed by atoms with van der Waals surface area (Å²) in [6, 6.07) is 0. The summed E-state index contributed by atoms with van der Waals surface area (Å²) in [6.07, 6.45) is 1.46. The molecule has 44 valence electrons. The van der Waals surface area contributed by atoms with E-state index in [2.05, 4.69) is 10.3 Å². The summed E-state index contributed by atoms with van der Waals surface area (Å²) in [5, 5.41) is 8.18. The zero-order chi connectivity index (χ0) is 5.98. The van der Waals surface area contributed by atoms with Crippen molar-refractivity contribution in [3.8, 4) is 0 Å². The number of hydrogen-bond donors (Lipinski definition) is 2. The van der Waals surface area contributed by atoms with Crippen molar-refractivity contribution in [2.45, 2.75) is 0 Å². The van der Waals surface area contributed by atoms with Gasteiger partial charge in [-0.2, -0.15) is 5.48 Å². The molecule has 0 amide bonds. The molecule has 0 aromatic heterocycles. The van der Waals surface area contributed by atoms with Crippen molar-refractivity contribution in [1.82, 2.24) is 5.48 Å². The van der Waals surface area contributed by atoms with Crippen LogP contribution in [0.2, 0.25) is 0 Å². The van der Waals surface area contributed by atoms with Crippen molar-refractivity contribution in [3.63, 3.8) is 0 Å². The molecule has 4 heteroatoms. The van der Waals surface area contributed by atoms with Gasteiger partial charge in [-0.05, 0) is 6.08 Å². The molecule has 0 fully saturated rings. The van der Waals surface area contributed by atoms with Gasteiger partial charge in [-0.3, -0.25) is 0 Å². The van der Waals surface area contributed by atoms with Gasteiger partial charge in [0.05, 0.1) is 6.54 Å². The van der Waals surface area contributed by atoms with Gasteiger partial charge in [0.1, 0.15) is 0 Å². The summed E-state index contributed by atoms with van der Waals surface area (Å²) in [5.41, 5.74) is 2.38. The predicted octanol–water partition coefficient (Wildman–Crippen LogP) is -0.510. The lowest BCUT2D eigenvalue weighted by Gasteiger charge is -1.92. The van der Waals surface area contributed by atoms with E-state index in [0.29, 0.717) is 6.54 Å². The van der Waals surface area contributed by atoms with Crippen molar-refractivity contribution in [2.24, 2.45) is 0 Å². The topological polar surface area (TPSA) is 58.6 Å². The molecule has 0 aromatic carbocycles. The monoisotopic (exact) mass is 115 g/mol. The van der Waals surface area contributed by atoms with Gasteiger partial charge < -0.3 is 9.94 Å². The summed E-state index contributed by atoms with van der Waals surface area (Å²) in [4.78, 5) is 14.4. The van der Waals surface area contributed by atoms with E-state index in [9.17, 15) is 4.79 Å². The Bertz CT molecular complexity index is 140. The van der Waals surface area contributed by atoms with Gasteiger partial charge in [-0.15, -0.1) is 0 Å². The predicted molar refractivity (Wildman–Crippen MR) is 24.8 cm³/mol. The van der Waals surface area contributed by atoms with Crippen molar-refractivity contribution in [2.75, 3.05) is 6.54 Å². The van der Waals surface area contributed by atoms with E-state index >= 15 is 0 Å². The number of carboxylic acid groups (broad SMARTS) is 1. The number of rotatable bonds is 1. The SMILES string of the molecule is O=C(O)C1=CCNO1. The maximum Gasteiger partial charge on any atom is 0.373 e. The van der Waals surface area contributed by atoms with Crippen LogP contribution >= 0.6 is 0 Å². The summed E-state index contributed by atoms with van der Waals surface area (Å²) in [6.45, 7) is 0.474. The number of carboxylic acids is 1. The molecule has 4 nitrogen and oxygen atoms in total. The highest BCUT2D eigenvalue weighted by molar-refractivity contribution is 5.84. The second kappa shape index (κ2) is 1.83. The lowest BCUT2D eigenvalue weighted by Crippen LogP contribution is -2.08. The second-order valence-electron chi connectivity index (χ2n) is 1.32. The van der Waals surface area contributed by atoms with Crippen LogP contribution in [0.4, 0.5) is 0 Å². The fourth-order valence-electron chi connectivity index (χ4n) is 0.426. The van der Waals surface area contributed by atoms with Crippen LogP contribution in [0.3, 0.4) is 0 Å². The van der Waals surface area contributed by atoms with Crippen LogP contribution in [0.1, 0.15) is 0 Å². The summed E-state index contributed by atoms with van der Waals surface area (Å²) >= 11 is 0. The smallest absolute Gasteiger partial charge is 0.373 e. The molecule has 8 heavy (non-hydrogen) atoms. The molecule has 0 saturated heterocycles. The minimum Gasteiger partial charge on any atom is -0.475 e. The highest BCUT2D eigenvalue weighted by atomic mass is 16.7. The summed E-state index contributed by atoms with van der Waals surface area (Å²) < 4.78 is 0. The Hall–Kier alpha value is -1.03. The van der Waals surface area contributed by atoms with E-state index in [0.717, 1.165) is 0 Å². The van der Waals surface area contributed by atoms with E-state index in [4.69, 9.17) is 5.11 Å². The molecule has 1 aliphatic rings. The van der Waals surface area contributed by atoms with Crippen LogP contribution in [0, 0.1) is 0 Å². The quantitative estimate of drug-likeness (QED) is 0.483. The molecule has 0 radical (unpaired) electrons. The maximum atomic E-state index is 9.97. The molecule has 0 aromatic rings. The molecule has 0 saturated carbocycles. The van der Waals surface area contributed by atoms with Crippen molar-refractivity contribution >= 4 is 5.97 Å². The van der Waals surface area contributed by atoms with Gasteiger partial charge in [0, 0.05) is 0 Å². The number of carbonyl (C=O) groups is 1. The summed E-state index contributed by atoms with van der Waals surface area (Å²) in [7, 11) is 0. The minimum atomic E-state index is -1.03. The lowest BCUT2D eigenvalue weighted by atomic mass is 10.5. The molecule has 0 spiro atoms. The Balaban J connectivity index is 2.57. The Morgan fingerprint density at radius 2 is 2.75 bits per heavy atom. The zero-order valence-corrected chi connectivity index (χ0v) is 4.05. The van der Waals surface area contributed by atoms with Gasteiger partial charge in [0.25, 0.3) is 0 Å². The number of nitrogens with one attached hydrogen (secondary N) is 1. The van der Waals surface area contributed by atoms with E-state index in [1.54, 1.807) is 0 Å². The van der Waals surface area contributed by atoms with E-state index in [1.165, 1.54) is 6.08 Å². The van der Waals surface area contributed by atoms with Crippen LogP contribution < -0.4 is 5.48 Å². The Morgan fingerprint density at radius 3 is 3.00 bits per heavy atom. The van der Waals surface area contributed by atoms with E-state index in [1.807, 2.05) is 0 Å². The first kappa shape index (κ1) is 5.11. The highest BCUT2D eigenvalue weighted by Crippen LogP contribution is 1.98. The van der Waals surface area contributed by atoms with Crippen molar-refractivity contribution in [3.05, 3.63) is 11.8 Å². The molecule has 1 rings (SSSR count). The number of hydrogen-bond acceptors (Lipinski definition) is 3. The largest absolute Gasteiger partial charge is 0.475 e. The molecule has 0 aliphatic carbocycles. The third kappa shape index (κ3) is 0.788. The second-order valence-corrected chi connectivity index (χ2v) is 1.32. The van der Waals surface area contributed by atoms with Crippen LogP contribution in [-0.2, 0) is 9.63 Å². The first-order chi connectivity index (χ1) is 3.80. The van der Waals surface area contributed by atoms with Crippen LogP contribution in [0.25, 0.3) is 0 Å². The van der Waals surface area contributed by atoms with Crippen LogP contribution in [0.15, 0.2) is 11.8 Å². The Labute approximate surface area is 45.7 Å². The van der Waals surface area contributed by atoms with Crippen molar-refractivity contribution < 1.29 is 14.7 Å². The highest BCUT2D eigenvalue weighted by Gasteiger charge is 2.11. The fourth-order valence-corrected chi connectivity index (χ4v) is 0.426. The van der Waals surface area contributed by atoms with Gasteiger partial charge in [0.15, 0.2) is 0 Å². The van der Waals surface area contributed by atoms with Gasteiger partial charge in [-0.1, -0.05) is 0 Å². The van der Waals surface area contributed by atoms with E-state index in [-0.39, 0.29) is 5.76 Å². The molecule has 0 atom stereocenters. The van der Waals surface area contributed by atoms with Crippen molar-refractivity contribution in [1.29, 1.82) is 0 Å². The van der Waals surface area contributed by atoms with Crippen LogP contribution in [0.5, 0.6) is 0 Å². The standard InChI is InChI=1S/C4H5NO3/c6-4(7)3-1-2-5-8-3/h1,5H,2H2,(H,6,7). The first-order valence-electron chi connectivity index (χ1n) is 2.14. The third-order valence-electron chi connectivity index (χ3n) is 0.764. The Morgan fingerprint density at radius 1 is 2.00 bits per heavy atom. The third-order valence-corrected chi connectivity index (χ3v) is 0.764. The summed E-state index contributed by atoms with van der Waals surface area (Å²) in [5.74, 6) is -1.06. The lowest BCUT2D eigenvalue weighted by molar-refractivity contribution is -0.137. The zero-order valence-electron chi connectivity index (χ0n) is 4.05. The molecular weight excluding hydrogens is 110 g/mol. The van der Waals surface area contributed by atoms with Gasteiger partial charge >= 0.3 is 5.97 Å². The molecule has 1 aliphatic heterocycles. The van der Waals surface area contributed by atoms with Gasteiger partial charge in [0.2, 0.25) is 5.76 Å². The average molecular weight is 115 g/mol. The first-order valence-corrected chi connectivity index (χ1v) is 2.14. The minimum absolute atomic E-state index is 0.0231. The number of hydroxylamine groups is 1. The molecule has 1 heterocycles.